The van der Waals surface area contributed by atoms with E-state index in [4.69, 9.17) is 0 Å². The molecule has 0 aliphatic carbocycles. The van der Waals surface area contributed by atoms with Gasteiger partial charge in [-0.25, -0.2) is 4.98 Å². The predicted octanol–water partition coefficient (Wildman–Crippen LogP) is 2.17. The summed E-state index contributed by atoms with van der Waals surface area (Å²) in [6.45, 7) is 5.65. The molecule has 5 heteroatoms. The largest absolute Gasteiger partial charge is 0.369 e. The monoisotopic (exact) mass is 250 g/mol. The summed E-state index contributed by atoms with van der Waals surface area (Å²) >= 11 is 0. The quantitative estimate of drug-likeness (QED) is 0.753. The summed E-state index contributed by atoms with van der Waals surface area (Å²) in [6, 6.07) is 0. The normalized spacial score (nSPS) is 10.2. The molecule has 0 spiro atoms. The first-order chi connectivity index (χ1) is 8.69. The van der Waals surface area contributed by atoms with E-state index in [1.54, 1.807) is 18.1 Å². The van der Waals surface area contributed by atoms with Gasteiger partial charge in [-0.05, 0) is 13.3 Å². The van der Waals surface area contributed by atoms with Gasteiger partial charge in [-0.2, -0.15) is 0 Å². The van der Waals surface area contributed by atoms with Gasteiger partial charge in [0.05, 0.1) is 12.4 Å². The molecule has 0 saturated heterocycles. The summed E-state index contributed by atoms with van der Waals surface area (Å²) in [4.78, 5) is 22.1. The summed E-state index contributed by atoms with van der Waals surface area (Å²) in [6.07, 6.45) is 6.45. The number of amides is 1. The van der Waals surface area contributed by atoms with Crippen LogP contribution < -0.4 is 5.32 Å². The number of hydrogen-bond acceptors (Lipinski definition) is 4. The van der Waals surface area contributed by atoms with Crippen LogP contribution in [0.25, 0.3) is 0 Å². The smallest absolute Gasteiger partial charge is 0.273 e. The first kappa shape index (κ1) is 14.4. The van der Waals surface area contributed by atoms with Crippen molar-refractivity contribution in [1.82, 2.24) is 14.9 Å². The van der Waals surface area contributed by atoms with Crippen molar-refractivity contribution in [2.45, 2.75) is 33.1 Å². The van der Waals surface area contributed by atoms with Crippen molar-refractivity contribution in [3.05, 3.63) is 18.1 Å². The molecule has 0 fully saturated rings. The van der Waals surface area contributed by atoms with Gasteiger partial charge < -0.3 is 10.2 Å². The molecule has 18 heavy (non-hydrogen) atoms. The molecule has 1 heterocycles. The maximum Gasteiger partial charge on any atom is 0.273 e. The first-order valence-electron chi connectivity index (χ1n) is 6.50. The highest BCUT2D eigenvalue weighted by molar-refractivity contribution is 5.92. The van der Waals surface area contributed by atoms with Crippen LogP contribution in [0, 0.1) is 0 Å². The van der Waals surface area contributed by atoms with Crippen molar-refractivity contribution >= 4 is 11.7 Å². The molecule has 0 saturated carbocycles. The lowest BCUT2D eigenvalue weighted by molar-refractivity contribution is 0.0786. The number of nitrogens with zero attached hydrogens (tertiary/aromatic N) is 3. The molecular formula is C13H22N4O. The third-order valence-electron chi connectivity index (χ3n) is 2.66. The van der Waals surface area contributed by atoms with Crippen LogP contribution in [0.5, 0.6) is 0 Å². The second-order valence-corrected chi connectivity index (χ2v) is 4.25. The highest BCUT2D eigenvalue weighted by Gasteiger charge is 2.13. The Hall–Kier alpha value is -1.65. The standard InChI is InChI=1S/C13H22N4O/c1-4-6-7-8-17(3)13(18)11-9-14-10-12(16-11)15-5-2/h9-10H,4-8H2,1-3H3,(H,15,16). The van der Waals surface area contributed by atoms with Crippen molar-refractivity contribution in [3.63, 3.8) is 0 Å². The molecule has 0 radical (unpaired) electrons. The predicted molar refractivity (Wildman–Crippen MR) is 72.7 cm³/mol. The fourth-order valence-corrected chi connectivity index (χ4v) is 1.63. The third kappa shape index (κ3) is 4.31. The van der Waals surface area contributed by atoms with Crippen LogP contribution in [0.2, 0.25) is 0 Å². The average molecular weight is 250 g/mol. The molecule has 0 bridgehead atoms. The number of carbonyl (C=O) groups is 1. The van der Waals surface area contributed by atoms with E-state index in [2.05, 4.69) is 22.2 Å². The fourth-order valence-electron chi connectivity index (χ4n) is 1.63. The zero-order valence-electron chi connectivity index (χ0n) is 11.4. The number of hydrogen-bond donors (Lipinski definition) is 1. The minimum Gasteiger partial charge on any atom is -0.369 e. The number of aromatic nitrogens is 2. The highest BCUT2D eigenvalue weighted by Crippen LogP contribution is 2.05. The molecule has 0 unspecified atom stereocenters. The van der Waals surface area contributed by atoms with Crippen molar-refractivity contribution in [2.75, 3.05) is 25.5 Å². The minimum absolute atomic E-state index is 0.0710. The van der Waals surface area contributed by atoms with Gasteiger partial charge in [-0.3, -0.25) is 9.78 Å². The van der Waals surface area contributed by atoms with Crippen LogP contribution in [-0.2, 0) is 0 Å². The third-order valence-corrected chi connectivity index (χ3v) is 2.66. The Bertz CT molecular complexity index is 381. The molecular weight excluding hydrogens is 228 g/mol. The zero-order valence-corrected chi connectivity index (χ0v) is 11.4. The maximum absolute atomic E-state index is 12.1. The van der Waals surface area contributed by atoms with E-state index in [0.29, 0.717) is 11.5 Å². The molecule has 0 aromatic carbocycles. The van der Waals surface area contributed by atoms with Gasteiger partial charge in [-0.15, -0.1) is 0 Å². The van der Waals surface area contributed by atoms with E-state index in [9.17, 15) is 4.79 Å². The Morgan fingerprint density at radius 1 is 1.33 bits per heavy atom. The van der Waals surface area contributed by atoms with Crippen molar-refractivity contribution in [2.24, 2.45) is 0 Å². The van der Waals surface area contributed by atoms with Gasteiger partial charge in [0, 0.05) is 20.1 Å². The lowest BCUT2D eigenvalue weighted by atomic mass is 10.2. The topological polar surface area (TPSA) is 58.1 Å². The van der Waals surface area contributed by atoms with E-state index < -0.39 is 0 Å². The molecule has 0 atom stereocenters. The van der Waals surface area contributed by atoms with Gasteiger partial charge in [0.15, 0.2) is 0 Å². The van der Waals surface area contributed by atoms with Crippen LogP contribution in [0.4, 0.5) is 5.82 Å². The van der Waals surface area contributed by atoms with E-state index in [-0.39, 0.29) is 5.91 Å². The fraction of sp³-hybridized carbons (Fsp3) is 0.615. The molecule has 1 amide bonds. The van der Waals surface area contributed by atoms with Crippen molar-refractivity contribution in [3.8, 4) is 0 Å². The van der Waals surface area contributed by atoms with E-state index >= 15 is 0 Å². The number of unbranched alkanes of at least 4 members (excludes halogenated alkanes) is 2. The molecule has 1 rings (SSSR count). The summed E-state index contributed by atoms with van der Waals surface area (Å²) in [5.74, 6) is 0.573. The summed E-state index contributed by atoms with van der Waals surface area (Å²) in [7, 11) is 1.81. The minimum atomic E-state index is -0.0710. The Morgan fingerprint density at radius 2 is 2.11 bits per heavy atom. The van der Waals surface area contributed by atoms with E-state index in [0.717, 1.165) is 32.4 Å². The molecule has 100 valence electrons. The van der Waals surface area contributed by atoms with Crippen LogP contribution >= 0.6 is 0 Å². The second kappa shape index (κ2) is 7.63. The van der Waals surface area contributed by atoms with Gasteiger partial charge in [0.1, 0.15) is 11.5 Å². The molecule has 5 nitrogen and oxygen atoms in total. The highest BCUT2D eigenvalue weighted by atomic mass is 16.2. The van der Waals surface area contributed by atoms with Gasteiger partial charge >= 0.3 is 0 Å². The summed E-state index contributed by atoms with van der Waals surface area (Å²) < 4.78 is 0. The Labute approximate surface area is 109 Å². The van der Waals surface area contributed by atoms with Gasteiger partial charge in [0.25, 0.3) is 5.91 Å². The zero-order chi connectivity index (χ0) is 13.4. The Kier molecular flexibility index (Phi) is 6.11. The van der Waals surface area contributed by atoms with Crippen molar-refractivity contribution in [1.29, 1.82) is 0 Å². The molecule has 0 aliphatic rings. The van der Waals surface area contributed by atoms with Crippen LogP contribution in [0.1, 0.15) is 43.6 Å². The van der Waals surface area contributed by atoms with E-state index in [1.807, 2.05) is 6.92 Å². The SMILES string of the molecule is CCCCCN(C)C(=O)c1cncc(NCC)n1. The Balaban J connectivity index is 2.62. The van der Waals surface area contributed by atoms with Gasteiger partial charge in [0.2, 0.25) is 0 Å². The molecule has 1 aromatic heterocycles. The van der Waals surface area contributed by atoms with Crippen molar-refractivity contribution < 1.29 is 4.79 Å². The Morgan fingerprint density at radius 3 is 2.78 bits per heavy atom. The number of anilines is 1. The maximum atomic E-state index is 12.1. The lowest BCUT2D eigenvalue weighted by Gasteiger charge is -2.16. The lowest BCUT2D eigenvalue weighted by Crippen LogP contribution is -2.28. The molecule has 1 aromatic rings. The number of rotatable bonds is 7. The average Bonchev–Trinajstić information content (AvgIpc) is 2.39. The molecule has 0 aliphatic heterocycles. The first-order valence-corrected chi connectivity index (χ1v) is 6.50. The second-order valence-electron chi connectivity index (χ2n) is 4.25. The van der Waals surface area contributed by atoms with Gasteiger partial charge in [-0.1, -0.05) is 19.8 Å². The summed E-state index contributed by atoms with van der Waals surface area (Å²) in [5.41, 5.74) is 0.396. The number of nitrogens with one attached hydrogen (secondary N) is 1. The summed E-state index contributed by atoms with van der Waals surface area (Å²) in [5, 5.41) is 3.05. The van der Waals surface area contributed by atoms with Crippen LogP contribution in [0.15, 0.2) is 12.4 Å². The number of carbonyl (C=O) groups excluding carboxylic acids is 1. The van der Waals surface area contributed by atoms with Crippen LogP contribution in [-0.4, -0.2) is 40.9 Å². The molecule has 1 N–H and O–H groups in total. The van der Waals surface area contributed by atoms with Crippen LogP contribution in [0.3, 0.4) is 0 Å². The van der Waals surface area contributed by atoms with E-state index in [1.165, 1.54) is 6.20 Å².